The molecule has 2 aromatic rings. The monoisotopic (exact) mass is 203 g/mol. The molecule has 0 aliphatic carbocycles. The van der Waals surface area contributed by atoms with Crippen LogP contribution in [0.4, 0.5) is 0 Å². The minimum absolute atomic E-state index is 0.127. The molecule has 0 amide bonds. The van der Waals surface area contributed by atoms with Gasteiger partial charge in [0, 0.05) is 24.7 Å². The van der Waals surface area contributed by atoms with Crippen molar-refractivity contribution in [2.75, 3.05) is 0 Å². The summed E-state index contributed by atoms with van der Waals surface area (Å²) in [6.45, 7) is 1.59. The number of nitrogens with zero attached hydrogens (tertiary/aromatic N) is 3. The van der Waals surface area contributed by atoms with Crippen LogP contribution in [0.5, 0.6) is 0 Å². The van der Waals surface area contributed by atoms with Crippen molar-refractivity contribution in [2.45, 2.75) is 13.5 Å². The molecular weight excluding hydrogens is 194 g/mol. The second-order valence-electron chi connectivity index (χ2n) is 3.15. The second kappa shape index (κ2) is 3.61. The van der Waals surface area contributed by atoms with Gasteiger partial charge < -0.3 is 4.79 Å². The summed E-state index contributed by atoms with van der Waals surface area (Å²) >= 11 is 0. The van der Waals surface area contributed by atoms with Crippen LogP contribution in [-0.4, -0.2) is 26.8 Å². The average molecular weight is 203 g/mol. The number of carbonyl (C=O) groups is 2. The van der Waals surface area contributed by atoms with Crippen LogP contribution in [0.3, 0.4) is 0 Å². The van der Waals surface area contributed by atoms with Crippen LogP contribution in [0.15, 0.2) is 18.5 Å². The van der Waals surface area contributed by atoms with Gasteiger partial charge in [0.15, 0.2) is 5.78 Å². The van der Waals surface area contributed by atoms with E-state index >= 15 is 0 Å². The van der Waals surface area contributed by atoms with Gasteiger partial charge in [-0.25, -0.2) is 0 Å². The largest absolute Gasteiger partial charge is 0.301 e. The molecule has 0 bridgehead atoms. The number of aromatic nitrogens is 3. The van der Waals surface area contributed by atoms with Crippen LogP contribution in [0.1, 0.15) is 17.4 Å². The zero-order chi connectivity index (χ0) is 10.8. The minimum atomic E-state index is -0.127. The molecule has 0 aliphatic rings. The molecule has 0 N–H and O–H groups in total. The van der Waals surface area contributed by atoms with E-state index in [0.717, 1.165) is 11.8 Å². The first-order valence-corrected chi connectivity index (χ1v) is 4.49. The fourth-order valence-corrected chi connectivity index (χ4v) is 1.49. The van der Waals surface area contributed by atoms with Crippen LogP contribution in [0.25, 0.3) is 10.9 Å². The van der Waals surface area contributed by atoms with E-state index in [4.69, 9.17) is 0 Å². The normalized spacial score (nSPS) is 10.5. The highest BCUT2D eigenvalue weighted by Gasteiger charge is 2.13. The standard InChI is InChI=1S/C10H9N3O2/c1-7(15)10-8-6-11-3-2-9(8)13(12-10)4-5-14/h2-3,5-6H,4H2,1H3. The molecule has 0 aliphatic heterocycles. The third-order valence-corrected chi connectivity index (χ3v) is 2.13. The van der Waals surface area contributed by atoms with Crippen molar-refractivity contribution in [1.82, 2.24) is 14.8 Å². The van der Waals surface area contributed by atoms with Gasteiger partial charge in [-0.05, 0) is 6.07 Å². The van der Waals surface area contributed by atoms with Crippen molar-refractivity contribution >= 4 is 23.0 Å². The molecule has 2 aromatic heterocycles. The maximum absolute atomic E-state index is 11.3. The van der Waals surface area contributed by atoms with Crippen LogP contribution in [0, 0.1) is 0 Å². The number of carbonyl (C=O) groups excluding carboxylic acids is 2. The Morgan fingerprint density at radius 1 is 1.60 bits per heavy atom. The molecule has 0 aromatic carbocycles. The highest BCUT2D eigenvalue weighted by molar-refractivity contribution is 6.04. The summed E-state index contributed by atoms with van der Waals surface area (Å²) in [5.74, 6) is -0.127. The number of aldehydes is 1. The van der Waals surface area contributed by atoms with Gasteiger partial charge in [0.1, 0.15) is 12.0 Å². The Kier molecular flexibility index (Phi) is 2.29. The Bertz CT molecular complexity index is 530. The number of rotatable bonds is 3. The van der Waals surface area contributed by atoms with E-state index in [2.05, 4.69) is 10.1 Å². The van der Waals surface area contributed by atoms with Crippen molar-refractivity contribution < 1.29 is 9.59 Å². The molecule has 15 heavy (non-hydrogen) atoms. The summed E-state index contributed by atoms with van der Waals surface area (Å²) in [6.07, 6.45) is 3.94. The maximum Gasteiger partial charge on any atom is 0.180 e. The molecule has 0 atom stereocenters. The molecular formula is C10H9N3O2. The SMILES string of the molecule is CC(=O)c1nn(CC=O)c2ccncc12. The van der Waals surface area contributed by atoms with Gasteiger partial charge in [-0.3, -0.25) is 14.5 Å². The lowest BCUT2D eigenvalue weighted by Crippen LogP contribution is -2.02. The third kappa shape index (κ3) is 1.52. The maximum atomic E-state index is 11.3. The van der Waals surface area contributed by atoms with Crippen molar-refractivity contribution in [3.05, 3.63) is 24.2 Å². The van der Waals surface area contributed by atoms with Crippen molar-refractivity contribution in [3.63, 3.8) is 0 Å². The minimum Gasteiger partial charge on any atom is -0.301 e. The Morgan fingerprint density at radius 2 is 2.40 bits per heavy atom. The summed E-state index contributed by atoms with van der Waals surface area (Å²) in [5, 5.41) is 4.76. The summed E-state index contributed by atoms with van der Waals surface area (Å²) in [6, 6.07) is 1.73. The molecule has 5 heteroatoms. The summed E-state index contributed by atoms with van der Waals surface area (Å²) in [5.41, 5.74) is 1.11. The predicted octanol–water partition coefficient (Wildman–Crippen LogP) is 0.833. The lowest BCUT2D eigenvalue weighted by Gasteiger charge is -1.94. The fraction of sp³-hybridized carbons (Fsp3) is 0.200. The Labute approximate surface area is 85.7 Å². The third-order valence-electron chi connectivity index (χ3n) is 2.13. The van der Waals surface area contributed by atoms with E-state index in [1.165, 1.54) is 11.6 Å². The first-order chi connectivity index (χ1) is 7.24. The first-order valence-electron chi connectivity index (χ1n) is 4.49. The average Bonchev–Trinajstić information content (AvgIpc) is 2.59. The van der Waals surface area contributed by atoms with E-state index in [1.807, 2.05) is 0 Å². The number of Topliss-reactive ketones (excluding diaryl/α,β-unsaturated/α-hetero) is 1. The molecule has 0 saturated heterocycles. The Hall–Kier alpha value is -2.04. The molecule has 0 unspecified atom stereocenters. The van der Waals surface area contributed by atoms with Gasteiger partial charge in [0.25, 0.3) is 0 Å². The molecule has 0 spiro atoms. The van der Waals surface area contributed by atoms with E-state index in [1.54, 1.807) is 18.5 Å². The number of ketones is 1. The molecule has 0 saturated carbocycles. The number of fused-ring (bicyclic) bond motifs is 1. The smallest absolute Gasteiger partial charge is 0.180 e. The molecule has 0 fully saturated rings. The van der Waals surface area contributed by atoms with Gasteiger partial charge in [0.2, 0.25) is 0 Å². The van der Waals surface area contributed by atoms with Crippen molar-refractivity contribution in [1.29, 1.82) is 0 Å². The van der Waals surface area contributed by atoms with Gasteiger partial charge in [-0.2, -0.15) is 5.10 Å². The van der Waals surface area contributed by atoms with Crippen LogP contribution in [-0.2, 0) is 11.3 Å². The highest BCUT2D eigenvalue weighted by Crippen LogP contribution is 2.17. The Morgan fingerprint density at radius 3 is 3.07 bits per heavy atom. The first kappa shape index (κ1) is 9.51. The van der Waals surface area contributed by atoms with E-state index in [0.29, 0.717) is 11.1 Å². The van der Waals surface area contributed by atoms with Gasteiger partial charge in [-0.1, -0.05) is 0 Å². The molecule has 2 rings (SSSR count). The number of hydrogen-bond donors (Lipinski definition) is 0. The Balaban J connectivity index is 2.72. The van der Waals surface area contributed by atoms with Gasteiger partial charge in [0.05, 0.1) is 12.1 Å². The second-order valence-corrected chi connectivity index (χ2v) is 3.15. The fourth-order valence-electron chi connectivity index (χ4n) is 1.49. The quantitative estimate of drug-likeness (QED) is 0.547. The predicted molar refractivity (Wildman–Crippen MR) is 53.6 cm³/mol. The van der Waals surface area contributed by atoms with Crippen LogP contribution >= 0.6 is 0 Å². The molecule has 5 nitrogen and oxygen atoms in total. The van der Waals surface area contributed by atoms with E-state index < -0.39 is 0 Å². The van der Waals surface area contributed by atoms with Crippen molar-refractivity contribution in [3.8, 4) is 0 Å². The lowest BCUT2D eigenvalue weighted by molar-refractivity contribution is -0.108. The zero-order valence-electron chi connectivity index (χ0n) is 8.17. The van der Waals surface area contributed by atoms with Crippen molar-refractivity contribution in [2.24, 2.45) is 0 Å². The van der Waals surface area contributed by atoms with Crippen LogP contribution < -0.4 is 0 Å². The van der Waals surface area contributed by atoms with E-state index in [-0.39, 0.29) is 12.3 Å². The topological polar surface area (TPSA) is 64.8 Å². The molecule has 76 valence electrons. The van der Waals surface area contributed by atoms with Gasteiger partial charge >= 0.3 is 0 Å². The number of hydrogen-bond acceptors (Lipinski definition) is 4. The summed E-state index contributed by atoms with van der Waals surface area (Å²) in [4.78, 5) is 25.7. The lowest BCUT2D eigenvalue weighted by atomic mass is 10.2. The van der Waals surface area contributed by atoms with Crippen LogP contribution in [0.2, 0.25) is 0 Å². The number of pyridine rings is 1. The summed E-state index contributed by atoms with van der Waals surface area (Å²) in [7, 11) is 0. The molecule has 2 heterocycles. The molecule has 0 radical (unpaired) electrons. The zero-order valence-corrected chi connectivity index (χ0v) is 8.17. The highest BCUT2D eigenvalue weighted by atomic mass is 16.1. The summed E-state index contributed by atoms with van der Waals surface area (Å²) < 4.78 is 1.50. The van der Waals surface area contributed by atoms with Gasteiger partial charge in [-0.15, -0.1) is 0 Å². The van der Waals surface area contributed by atoms with E-state index in [9.17, 15) is 9.59 Å².